The summed E-state index contributed by atoms with van der Waals surface area (Å²) in [6, 6.07) is 8.60. The number of carbonyl (C=O) groups excluding carboxylic acids is 1. The van der Waals surface area contributed by atoms with Gasteiger partial charge in [-0.1, -0.05) is 29.8 Å². The molecule has 1 aliphatic rings. The average molecular weight is 419 g/mol. The van der Waals surface area contributed by atoms with Crippen LogP contribution >= 0.6 is 0 Å². The Morgan fingerprint density at radius 2 is 2.03 bits per heavy atom. The van der Waals surface area contributed by atoms with E-state index < -0.39 is 0 Å². The van der Waals surface area contributed by atoms with E-state index in [9.17, 15) is 4.79 Å². The number of amides is 1. The largest absolute Gasteiger partial charge is 0.382 e. The summed E-state index contributed by atoms with van der Waals surface area (Å²) in [5.41, 5.74) is 2.47. The molecule has 1 aromatic rings. The second-order valence-corrected chi connectivity index (χ2v) is 7.92. The minimum Gasteiger partial charge on any atom is -0.382 e. The molecule has 2 atom stereocenters. The summed E-state index contributed by atoms with van der Waals surface area (Å²) in [6.07, 6.45) is 3.12. The Balaban J connectivity index is 1.97. The van der Waals surface area contributed by atoms with Gasteiger partial charge < -0.3 is 25.0 Å². The molecule has 168 valence electrons. The van der Waals surface area contributed by atoms with Crippen molar-refractivity contribution in [2.75, 3.05) is 53.6 Å². The number of hydrogen-bond acceptors (Lipinski definition) is 4. The fourth-order valence-corrected chi connectivity index (χ4v) is 3.39. The lowest BCUT2D eigenvalue weighted by Crippen LogP contribution is -2.43. The maximum Gasteiger partial charge on any atom is 0.243 e. The molecule has 0 bridgehead atoms. The second kappa shape index (κ2) is 13.2. The molecule has 30 heavy (non-hydrogen) atoms. The number of ether oxygens (including phenoxy) is 2. The van der Waals surface area contributed by atoms with Crippen LogP contribution in [0.5, 0.6) is 0 Å². The lowest BCUT2D eigenvalue weighted by molar-refractivity contribution is -0.127. The van der Waals surface area contributed by atoms with Gasteiger partial charge in [0.15, 0.2) is 5.96 Å². The van der Waals surface area contributed by atoms with Gasteiger partial charge in [-0.25, -0.2) is 4.99 Å². The summed E-state index contributed by atoms with van der Waals surface area (Å²) in [4.78, 5) is 18.0. The third-order valence-corrected chi connectivity index (χ3v) is 5.22. The first-order valence-corrected chi connectivity index (χ1v) is 11.0. The maximum absolute atomic E-state index is 12.0. The zero-order valence-electron chi connectivity index (χ0n) is 18.9. The third-order valence-electron chi connectivity index (χ3n) is 5.22. The highest BCUT2D eigenvalue weighted by Crippen LogP contribution is 2.33. The first-order valence-electron chi connectivity index (χ1n) is 11.0. The predicted molar refractivity (Wildman–Crippen MR) is 121 cm³/mol. The Morgan fingerprint density at radius 3 is 2.73 bits per heavy atom. The number of nitrogens with one attached hydrogen (secondary N) is 2. The number of benzene rings is 1. The number of hydrogen-bond donors (Lipinski definition) is 2. The van der Waals surface area contributed by atoms with Crippen LogP contribution in [0.25, 0.3) is 0 Å². The Bertz CT molecular complexity index is 661. The number of rotatable bonds is 10. The number of nitrogens with zero attached hydrogens (tertiary/aromatic N) is 2. The molecule has 0 spiro atoms. The van der Waals surface area contributed by atoms with Crippen LogP contribution in [-0.4, -0.2) is 70.3 Å². The van der Waals surface area contributed by atoms with Crippen molar-refractivity contribution in [2.24, 2.45) is 10.9 Å². The number of carbonyl (C=O) groups is 1. The van der Waals surface area contributed by atoms with Crippen LogP contribution in [0.2, 0.25) is 0 Å². The summed E-state index contributed by atoms with van der Waals surface area (Å²) in [6.45, 7) is 7.92. The number of likely N-dealkylation sites (N-methyl/N-ethyl adjacent to an activating group) is 1. The average Bonchev–Trinajstić information content (AvgIpc) is 2.75. The minimum absolute atomic E-state index is 0.0241. The van der Waals surface area contributed by atoms with Gasteiger partial charge in [0.2, 0.25) is 5.91 Å². The zero-order valence-corrected chi connectivity index (χ0v) is 18.9. The van der Waals surface area contributed by atoms with Gasteiger partial charge in [-0.15, -0.1) is 0 Å². The van der Waals surface area contributed by atoms with E-state index in [1.165, 1.54) is 11.1 Å². The smallest absolute Gasteiger partial charge is 0.243 e. The molecule has 2 unspecified atom stereocenters. The van der Waals surface area contributed by atoms with Gasteiger partial charge in [0, 0.05) is 52.9 Å². The molecule has 2 rings (SSSR count). The topological polar surface area (TPSA) is 75.2 Å². The molecule has 1 aliphatic heterocycles. The summed E-state index contributed by atoms with van der Waals surface area (Å²) in [5.74, 6) is 0.986. The van der Waals surface area contributed by atoms with Gasteiger partial charge in [-0.3, -0.25) is 4.79 Å². The molecule has 1 fully saturated rings. The van der Waals surface area contributed by atoms with Crippen LogP contribution in [0.4, 0.5) is 0 Å². The lowest BCUT2D eigenvalue weighted by atomic mass is 9.89. The van der Waals surface area contributed by atoms with E-state index in [1.807, 2.05) is 6.92 Å². The van der Waals surface area contributed by atoms with Crippen molar-refractivity contribution in [3.05, 3.63) is 35.4 Å². The molecule has 0 aliphatic carbocycles. The Kier molecular flexibility index (Phi) is 10.7. The summed E-state index contributed by atoms with van der Waals surface area (Å²) >= 11 is 0. The van der Waals surface area contributed by atoms with Gasteiger partial charge in [0.05, 0.1) is 6.10 Å². The monoisotopic (exact) mass is 418 g/mol. The van der Waals surface area contributed by atoms with E-state index in [-0.39, 0.29) is 18.6 Å². The summed E-state index contributed by atoms with van der Waals surface area (Å²) in [5, 5.41) is 6.76. The van der Waals surface area contributed by atoms with Crippen molar-refractivity contribution in [2.45, 2.75) is 39.2 Å². The first kappa shape index (κ1) is 24.2. The van der Waals surface area contributed by atoms with E-state index >= 15 is 0 Å². The van der Waals surface area contributed by atoms with E-state index in [2.05, 4.69) is 46.8 Å². The van der Waals surface area contributed by atoms with Crippen LogP contribution in [-0.2, 0) is 14.3 Å². The fraction of sp³-hybridized carbons (Fsp3) is 0.652. The highest BCUT2D eigenvalue weighted by Gasteiger charge is 2.27. The van der Waals surface area contributed by atoms with Gasteiger partial charge in [-0.2, -0.15) is 0 Å². The summed E-state index contributed by atoms with van der Waals surface area (Å²) in [7, 11) is 3.48. The molecule has 1 aromatic carbocycles. The van der Waals surface area contributed by atoms with Gasteiger partial charge in [-0.05, 0) is 38.7 Å². The molecule has 0 aromatic heterocycles. The maximum atomic E-state index is 12.0. The Hall–Kier alpha value is -2.12. The van der Waals surface area contributed by atoms with Crippen LogP contribution in [0.3, 0.4) is 0 Å². The van der Waals surface area contributed by atoms with Crippen molar-refractivity contribution < 1.29 is 14.3 Å². The fourth-order valence-electron chi connectivity index (χ4n) is 3.39. The highest BCUT2D eigenvalue weighted by atomic mass is 16.5. The van der Waals surface area contributed by atoms with E-state index in [0.29, 0.717) is 18.5 Å². The van der Waals surface area contributed by atoms with Crippen LogP contribution in [0.15, 0.2) is 29.3 Å². The number of aryl methyl sites for hydroxylation is 1. The van der Waals surface area contributed by atoms with E-state index in [0.717, 1.165) is 45.6 Å². The molecule has 1 amide bonds. The van der Waals surface area contributed by atoms with Crippen molar-refractivity contribution in [3.8, 4) is 0 Å². The van der Waals surface area contributed by atoms with Crippen LogP contribution in [0.1, 0.15) is 43.4 Å². The molecule has 0 saturated carbocycles. The Morgan fingerprint density at radius 1 is 1.27 bits per heavy atom. The van der Waals surface area contributed by atoms with Crippen molar-refractivity contribution in [3.63, 3.8) is 0 Å². The molecule has 1 heterocycles. The molecule has 2 N–H and O–H groups in total. The van der Waals surface area contributed by atoms with Crippen LogP contribution in [0, 0.1) is 12.8 Å². The van der Waals surface area contributed by atoms with E-state index in [4.69, 9.17) is 9.47 Å². The molecule has 7 heteroatoms. The molecular formula is C23H38N4O3. The summed E-state index contributed by atoms with van der Waals surface area (Å²) < 4.78 is 11.5. The van der Waals surface area contributed by atoms with E-state index in [1.54, 1.807) is 19.0 Å². The Labute approximate surface area is 181 Å². The lowest BCUT2D eigenvalue weighted by Gasteiger charge is -2.32. The highest BCUT2D eigenvalue weighted by molar-refractivity contribution is 5.84. The number of guanidine groups is 1. The second-order valence-electron chi connectivity index (χ2n) is 7.92. The number of aliphatic imine (C=N–C) groups is 1. The zero-order chi connectivity index (χ0) is 21.8. The quantitative estimate of drug-likeness (QED) is 0.347. The molecule has 0 radical (unpaired) electrons. The first-order chi connectivity index (χ1) is 14.5. The van der Waals surface area contributed by atoms with Gasteiger partial charge in [0.1, 0.15) is 6.54 Å². The molecule has 7 nitrogen and oxygen atoms in total. The van der Waals surface area contributed by atoms with Crippen molar-refractivity contribution in [1.82, 2.24) is 15.5 Å². The van der Waals surface area contributed by atoms with Crippen molar-refractivity contribution in [1.29, 1.82) is 0 Å². The van der Waals surface area contributed by atoms with Gasteiger partial charge >= 0.3 is 0 Å². The van der Waals surface area contributed by atoms with Crippen molar-refractivity contribution >= 4 is 11.9 Å². The van der Waals surface area contributed by atoms with Gasteiger partial charge in [0.25, 0.3) is 0 Å². The molecule has 1 saturated heterocycles. The third kappa shape index (κ3) is 8.32. The minimum atomic E-state index is -0.0241. The SMILES string of the molecule is CCOCCCNC(=NCC(=O)N(C)C)NCC1CCCOC1c1ccc(C)cc1. The standard InChI is InChI=1S/C23H38N4O3/c1-5-29-14-7-13-24-23(26-17-21(28)27(3)4)25-16-20-8-6-15-30-22(20)19-11-9-18(2)10-12-19/h9-12,20,22H,5-8,13-17H2,1-4H3,(H2,24,25,26). The van der Waals surface area contributed by atoms with Crippen LogP contribution < -0.4 is 10.6 Å². The molecular weight excluding hydrogens is 380 g/mol. The predicted octanol–water partition coefficient (Wildman–Crippen LogP) is 2.51. The normalized spacial score (nSPS) is 19.4.